The normalized spacial score (nSPS) is 17.3. The van der Waals surface area contributed by atoms with Crippen molar-refractivity contribution >= 4 is 17.2 Å². The van der Waals surface area contributed by atoms with Crippen LogP contribution in [0.1, 0.15) is 34.5 Å². The van der Waals surface area contributed by atoms with Gasteiger partial charge in [0.25, 0.3) is 5.91 Å². The quantitative estimate of drug-likeness (QED) is 0.757. The minimum Gasteiger partial charge on any atom is -0.508 e. The molecule has 6 nitrogen and oxygen atoms in total. The fourth-order valence-electron chi connectivity index (χ4n) is 3.83. The van der Waals surface area contributed by atoms with Crippen LogP contribution in [0.25, 0.3) is 10.6 Å². The highest BCUT2D eigenvalue weighted by molar-refractivity contribution is 7.13. The third kappa shape index (κ3) is 2.42. The maximum atomic E-state index is 13.0. The summed E-state index contributed by atoms with van der Waals surface area (Å²) in [5, 5.41) is 16.6. The van der Waals surface area contributed by atoms with Crippen molar-refractivity contribution in [1.82, 2.24) is 19.7 Å². The maximum Gasteiger partial charge on any atom is 0.273 e. The number of phenols is 1. The van der Waals surface area contributed by atoms with Crippen molar-refractivity contribution in [3.8, 4) is 16.3 Å². The zero-order valence-corrected chi connectivity index (χ0v) is 15.2. The van der Waals surface area contributed by atoms with Crippen LogP contribution in [0.4, 0.5) is 0 Å². The first kappa shape index (κ1) is 15.6. The molecule has 2 aromatic heterocycles. The topological polar surface area (TPSA) is 71.2 Å². The van der Waals surface area contributed by atoms with Gasteiger partial charge in [-0.15, -0.1) is 11.3 Å². The summed E-state index contributed by atoms with van der Waals surface area (Å²) in [6.45, 7) is 1.26. The Morgan fingerprint density at radius 3 is 2.92 bits per heavy atom. The van der Waals surface area contributed by atoms with Crippen molar-refractivity contribution in [2.75, 3.05) is 6.54 Å². The van der Waals surface area contributed by atoms with E-state index >= 15 is 0 Å². The van der Waals surface area contributed by atoms with Gasteiger partial charge >= 0.3 is 0 Å². The molecule has 0 bridgehead atoms. The monoisotopic (exact) mass is 366 g/mol. The molecule has 3 aromatic rings. The lowest BCUT2D eigenvalue weighted by atomic mass is 9.86. The Morgan fingerprint density at radius 2 is 2.19 bits per heavy atom. The van der Waals surface area contributed by atoms with Crippen LogP contribution in [0.5, 0.6) is 5.75 Å². The first-order valence-corrected chi connectivity index (χ1v) is 9.48. The Morgan fingerprint density at radius 1 is 1.35 bits per heavy atom. The van der Waals surface area contributed by atoms with Gasteiger partial charge in [-0.25, -0.2) is 4.98 Å². The largest absolute Gasteiger partial charge is 0.508 e. The fraction of sp³-hybridized carbons (Fsp3) is 0.316. The molecule has 3 heterocycles. The molecule has 1 fully saturated rings. The summed E-state index contributed by atoms with van der Waals surface area (Å²) in [6.07, 6.45) is 5.78. The van der Waals surface area contributed by atoms with Gasteiger partial charge in [-0.1, -0.05) is 6.07 Å². The molecule has 0 radical (unpaired) electrons. The Labute approximate surface area is 154 Å². The average molecular weight is 366 g/mol. The molecule has 1 amide bonds. The van der Waals surface area contributed by atoms with Gasteiger partial charge in [-0.05, 0) is 36.1 Å². The van der Waals surface area contributed by atoms with Gasteiger partial charge in [0.15, 0.2) is 0 Å². The van der Waals surface area contributed by atoms with Crippen molar-refractivity contribution in [2.24, 2.45) is 7.05 Å². The molecule has 2 aliphatic rings. The van der Waals surface area contributed by atoms with E-state index in [2.05, 4.69) is 10.1 Å². The summed E-state index contributed by atoms with van der Waals surface area (Å²) in [4.78, 5) is 19.5. The maximum absolute atomic E-state index is 13.0. The van der Waals surface area contributed by atoms with E-state index in [0.29, 0.717) is 24.5 Å². The lowest BCUT2D eigenvalue weighted by Crippen LogP contribution is -2.41. The Hall–Kier alpha value is -2.67. The van der Waals surface area contributed by atoms with Crippen LogP contribution in [0.2, 0.25) is 0 Å². The molecule has 132 valence electrons. The second kappa shape index (κ2) is 5.41. The molecule has 0 unspecified atom stereocenters. The second-order valence-corrected chi connectivity index (χ2v) is 8.08. The first-order valence-electron chi connectivity index (χ1n) is 8.60. The second-order valence-electron chi connectivity index (χ2n) is 7.22. The van der Waals surface area contributed by atoms with Crippen molar-refractivity contribution in [2.45, 2.75) is 24.8 Å². The first-order chi connectivity index (χ1) is 12.5. The standard InChI is InChI=1S/C19H18N4O2S/c1-22-8-13(7-20-22)17-21-16(10-26-17)18(25)23-9-12-2-3-14(24)6-15(12)19(11-23)4-5-19/h2-3,6-8,10,24H,4-5,9,11H2,1H3. The number of phenolic OH excluding ortho intramolecular Hbond substituents is 1. The van der Waals surface area contributed by atoms with Crippen molar-refractivity contribution in [1.29, 1.82) is 0 Å². The molecule has 1 N–H and O–H groups in total. The molecule has 1 saturated carbocycles. The van der Waals surface area contributed by atoms with Gasteiger partial charge in [0.1, 0.15) is 16.5 Å². The minimum absolute atomic E-state index is 0.0180. The van der Waals surface area contributed by atoms with E-state index in [1.165, 1.54) is 16.9 Å². The summed E-state index contributed by atoms with van der Waals surface area (Å²) in [7, 11) is 1.86. The van der Waals surface area contributed by atoms with Crippen LogP contribution in [0.3, 0.4) is 0 Å². The van der Waals surface area contributed by atoms with Crippen LogP contribution in [0.15, 0.2) is 36.0 Å². The smallest absolute Gasteiger partial charge is 0.273 e. The molecule has 1 spiro atoms. The van der Waals surface area contributed by atoms with Gasteiger partial charge in [0, 0.05) is 42.7 Å². The molecule has 5 rings (SSSR count). The molecular weight excluding hydrogens is 348 g/mol. The number of carbonyl (C=O) groups excluding carboxylic acids is 1. The number of carbonyl (C=O) groups is 1. The highest BCUT2D eigenvalue weighted by Crippen LogP contribution is 2.53. The van der Waals surface area contributed by atoms with Crippen LogP contribution in [0, 0.1) is 0 Å². The van der Waals surface area contributed by atoms with Crippen LogP contribution in [-0.2, 0) is 19.0 Å². The van der Waals surface area contributed by atoms with E-state index in [4.69, 9.17) is 0 Å². The Balaban J connectivity index is 1.43. The number of rotatable bonds is 2. The molecule has 7 heteroatoms. The van der Waals surface area contributed by atoms with Crippen molar-refractivity contribution in [3.63, 3.8) is 0 Å². The predicted molar refractivity (Wildman–Crippen MR) is 98.1 cm³/mol. The third-order valence-corrected chi connectivity index (χ3v) is 6.23. The number of fused-ring (bicyclic) bond motifs is 2. The Kier molecular flexibility index (Phi) is 3.24. The van der Waals surface area contributed by atoms with Gasteiger partial charge in [0.05, 0.1) is 6.20 Å². The number of aromatic hydroxyl groups is 1. The third-order valence-electron chi connectivity index (χ3n) is 5.34. The molecule has 26 heavy (non-hydrogen) atoms. The van der Waals surface area contributed by atoms with E-state index in [-0.39, 0.29) is 11.3 Å². The number of nitrogens with zero attached hydrogens (tertiary/aromatic N) is 4. The molecular formula is C19H18N4O2S. The number of thiazole rings is 1. The summed E-state index contributed by atoms with van der Waals surface area (Å²) in [6, 6.07) is 5.51. The Bertz CT molecular complexity index is 1020. The van der Waals surface area contributed by atoms with Gasteiger partial charge in [0.2, 0.25) is 0 Å². The van der Waals surface area contributed by atoms with Crippen molar-refractivity contribution in [3.05, 3.63) is 52.8 Å². The van der Waals surface area contributed by atoms with Crippen LogP contribution >= 0.6 is 11.3 Å². The lowest BCUT2D eigenvalue weighted by molar-refractivity contribution is 0.0704. The molecule has 1 aliphatic heterocycles. The number of benzene rings is 1. The summed E-state index contributed by atoms with van der Waals surface area (Å²) in [5.74, 6) is 0.275. The van der Waals surface area contributed by atoms with E-state index in [1.807, 2.05) is 35.7 Å². The highest BCUT2D eigenvalue weighted by Gasteiger charge is 2.50. The van der Waals surface area contributed by atoms with Gasteiger partial charge in [-0.3, -0.25) is 9.48 Å². The molecule has 1 aromatic carbocycles. The number of hydrogen-bond donors (Lipinski definition) is 1. The summed E-state index contributed by atoms with van der Waals surface area (Å²) >= 11 is 1.47. The zero-order chi connectivity index (χ0) is 17.9. The number of aryl methyl sites for hydroxylation is 1. The van der Waals surface area contributed by atoms with Crippen molar-refractivity contribution < 1.29 is 9.90 Å². The molecule has 1 aliphatic carbocycles. The summed E-state index contributed by atoms with van der Waals surface area (Å²) < 4.78 is 1.73. The zero-order valence-electron chi connectivity index (χ0n) is 14.3. The average Bonchev–Trinajstić information content (AvgIpc) is 3.04. The highest BCUT2D eigenvalue weighted by atomic mass is 32.1. The van der Waals surface area contributed by atoms with Crippen LogP contribution in [-0.4, -0.2) is 37.2 Å². The van der Waals surface area contributed by atoms with Gasteiger partial charge in [-0.2, -0.15) is 5.10 Å². The van der Waals surface area contributed by atoms with E-state index in [0.717, 1.165) is 29.0 Å². The fourth-order valence-corrected chi connectivity index (χ4v) is 4.60. The minimum atomic E-state index is -0.0265. The lowest BCUT2D eigenvalue weighted by Gasteiger charge is -2.34. The van der Waals surface area contributed by atoms with E-state index in [1.54, 1.807) is 16.9 Å². The molecule has 0 atom stereocenters. The number of amides is 1. The number of hydrogen-bond acceptors (Lipinski definition) is 5. The summed E-state index contributed by atoms with van der Waals surface area (Å²) in [5.41, 5.74) is 3.77. The van der Waals surface area contributed by atoms with E-state index in [9.17, 15) is 9.90 Å². The van der Waals surface area contributed by atoms with Gasteiger partial charge < -0.3 is 10.0 Å². The number of aromatic nitrogens is 3. The van der Waals surface area contributed by atoms with E-state index < -0.39 is 0 Å². The predicted octanol–water partition coefficient (Wildman–Crippen LogP) is 2.94. The molecule has 0 saturated heterocycles. The SMILES string of the molecule is Cn1cc(-c2nc(C(=O)N3Cc4ccc(O)cc4C4(CC4)C3)cs2)cn1. The van der Waals surface area contributed by atoms with Crippen LogP contribution < -0.4 is 0 Å².